The van der Waals surface area contributed by atoms with E-state index in [1.54, 1.807) is 21.1 Å². The topological polar surface area (TPSA) is 135 Å². The Morgan fingerprint density at radius 1 is 1.24 bits per heavy atom. The number of carboxylic acids is 2. The number of hydrogen-bond acceptors (Lipinski definition) is 6. The molecule has 0 amide bonds. The molecule has 0 spiro atoms. The molecule has 0 aliphatic heterocycles. The molecule has 0 aromatic carbocycles. The van der Waals surface area contributed by atoms with Gasteiger partial charge in [0.15, 0.2) is 11.4 Å². The third kappa shape index (κ3) is 8.38. The summed E-state index contributed by atoms with van der Waals surface area (Å²) in [6.07, 6.45) is -3.08. The molecule has 21 heavy (non-hydrogen) atoms. The van der Waals surface area contributed by atoms with Crippen LogP contribution in [0.1, 0.15) is 25.7 Å². The zero-order valence-corrected chi connectivity index (χ0v) is 12.5. The number of nitrogens with zero attached hydrogens (tertiary/aromatic N) is 1. The molecule has 3 N–H and O–H groups in total. The zero-order chi connectivity index (χ0) is 16.8. The fraction of sp³-hybridized carbons (Fsp3) is 0.769. The smallest absolute Gasteiger partial charge is 0.303 e. The largest absolute Gasteiger partial charge is 0.550 e. The predicted octanol–water partition coefficient (Wildman–Crippen LogP) is -2.25. The minimum absolute atomic E-state index is 0.140. The van der Waals surface area contributed by atoms with Crippen LogP contribution in [0.3, 0.4) is 0 Å². The summed E-state index contributed by atoms with van der Waals surface area (Å²) in [5.74, 6) is -3.52. The van der Waals surface area contributed by atoms with Crippen LogP contribution in [0.25, 0.3) is 0 Å². The highest BCUT2D eigenvalue weighted by molar-refractivity contribution is 5.91. The fourth-order valence-electron chi connectivity index (χ4n) is 2.06. The number of aliphatic carboxylic acids is 2. The molecular weight excluding hydrogens is 282 g/mol. The van der Waals surface area contributed by atoms with E-state index in [4.69, 9.17) is 5.11 Å². The van der Waals surface area contributed by atoms with Gasteiger partial charge in [0.1, 0.15) is 6.54 Å². The molecule has 0 aromatic heterocycles. The van der Waals surface area contributed by atoms with E-state index in [0.717, 1.165) is 0 Å². The van der Waals surface area contributed by atoms with Crippen molar-refractivity contribution in [3.8, 4) is 0 Å². The third-order valence-corrected chi connectivity index (χ3v) is 2.80. The minimum Gasteiger partial charge on any atom is -0.550 e. The maximum atomic E-state index is 12.1. The van der Waals surface area contributed by atoms with Gasteiger partial charge in [0.2, 0.25) is 0 Å². The number of carbonyl (C=O) groups is 3. The molecule has 8 nitrogen and oxygen atoms in total. The van der Waals surface area contributed by atoms with Gasteiger partial charge >= 0.3 is 5.97 Å². The zero-order valence-electron chi connectivity index (χ0n) is 12.5. The average molecular weight is 305 g/mol. The normalized spacial score (nSPS) is 16.0. The molecule has 0 saturated carbocycles. The van der Waals surface area contributed by atoms with Gasteiger partial charge in [-0.1, -0.05) is 0 Å². The van der Waals surface area contributed by atoms with Crippen LogP contribution in [0, 0.1) is 0 Å². The first kappa shape index (κ1) is 19.5. The van der Waals surface area contributed by atoms with E-state index in [2.05, 4.69) is 0 Å². The van der Waals surface area contributed by atoms with E-state index in [1.807, 2.05) is 0 Å². The van der Waals surface area contributed by atoms with E-state index in [1.165, 1.54) is 0 Å². The molecule has 0 aliphatic carbocycles. The lowest BCUT2D eigenvalue weighted by Crippen LogP contribution is -2.56. The number of hydrogen-bond donors (Lipinski definition) is 3. The maximum absolute atomic E-state index is 12.1. The first-order valence-corrected chi connectivity index (χ1v) is 6.51. The van der Waals surface area contributed by atoms with Crippen LogP contribution in [0.4, 0.5) is 0 Å². The van der Waals surface area contributed by atoms with Crippen LogP contribution in [0.15, 0.2) is 0 Å². The van der Waals surface area contributed by atoms with Crippen molar-refractivity contribution in [2.75, 3.05) is 27.7 Å². The summed E-state index contributed by atoms with van der Waals surface area (Å²) >= 11 is 0. The number of Topliss-reactive ketones (excluding diaryl/α,β-unsaturated/α-hetero) is 1. The number of aliphatic hydroxyl groups excluding tert-OH is 1. The van der Waals surface area contributed by atoms with E-state index in [-0.39, 0.29) is 23.9 Å². The average Bonchev–Trinajstić information content (AvgIpc) is 2.22. The highest BCUT2D eigenvalue weighted by atomic mass is 16.4. The molecule has 0 heterocycles. The number of rotatable bonds is 10. The van der Waals surface area contributed by atoms with E-state index in [9.17, 15) is 29.7 Å². The van der Waals surface area contributed by atoms with Gasteiger partial charge in [0.05, 0.1) is 27.2 Å². The molecule has 0 saturated heterocycles. The number of ketones is 1. The van der Waals surface area contributed by atoms with Crippen molar-refractivity contribution in [2.45, 2.75) is 37.4 Å². The van der Waals surface area contributed by atoms with Gasteiger partial charge in [-0.2, -0.15) is 0 Å². The second-order valence-corrected chi connectivity index (χ2v) is 6.24. The Morgan fingerprint density at radius 2 is 1.76 bits per heavy atom. The van der Waals surface area contributed by atoms with E-state index >= 15 is 0 Å². The van der Waals surface area contributed by atoms with Crippen molar-refractivity contribution in [2.24, 2.45) is 0 Å². The van der Waals surface area contributed by atoms with Crippen LogP contribution in [-0.2, 0) is 14.4 Å². The molecule has 0 rings (SSSR count). The summed E-state index contributed by atoms with van der Waals surface area (Å²) in [6.45, 7) is -0.161. The molecule has 0 radical (unpaired) electrons. The Balaban J connectivity index is 4.87. The summed E-state index contributed by atoms with van der Waals surface area (Å²) < 4.78 is 0.140. The standard InChI is InChI=1S/C13H23NO7/c1-14(2,3)8-13(21,7-12(19)20)10(16)6-9(15)4-5-11(17)18/h9,15,21H,4-8H2,1-3H3,(H-,17,18,19,20). The van der Waals surface area contributed by atoms with Gasteiger partial charge in [0, 0.05) is 25.2 Å². The van der Waals surface area contributed by atoms with Crippen molar-refractivity contribution < 1.29 is 39.3 Å². The molecule has 0 aliphatic rings. The summed E-state index contributed by atoms with van der Waals surface area (Å²) in [5.41, 5.74) is -2.15. The van der Waals surface area contributed by atoms with Crippen LogP contribution in [-0.4, -0.2) is 76.9 Å². The molecular formula is C13H23NO7. The van der Waals surface area contributed by atoms with Crippen molar-refractivity contribution in [1.29, 1.82) is 0 Å². The molecule has 122 valence electrons. The van der Waals surface area contributed by atoms with Gasteiger partial charge < -0.3 is 29.7 Å². The Hall–Kier alpha value is -1.51. The number of quaternary nitrogens is 1. The lowest BCUT2D eigenvalue weighted by Gasteiger charge is -2.35. The van der Waals surface area contributed by atoms with Crippen molar-refractivity contribution in [3.63, 3.8) is 0 Å². The Bertz CT molecular complexity index is 402. The number of carboxylic acid groups (broad SMARTS) is 2. The number of carbonyl (C=O) groups excluding carboxylic acids is 2. The van der Waals surface area contributed by atoms with Gasteiger partial charge in [0.25, 0.3) is 0 Å². The summed E-state index contributed by atoms with van der Waals surface area (Å²) in [6, 6.07) is 0. The number of aliphatic hydroxyl groups is 2. The van der Waals surface area contributed by atoms with Gasteiger partial charge in [-0.15, -0.1) is 0 Å². The Kier molecular flexibility index (Phi) is 6.95. The summed E-state index contributed by atoms with van der Waals surface area (Å²) in [7, 11) is 5.02. The Labute approximate surface area is 123 Å². The second-order valence-electron chi connectivity index (χ2n) is 6.24. The van der Waals surface area contributed by atoms with Gasteiger partial charge in [-0.3, -0.25) is 9.59 Å². The predicted molar refractivity (Wildman–Crippen MR) is 70.0 cm³/mol. The lowest BCUT2D eigenvalue weighted by molar-refractivity contribution is -0.875. The first-order chi connectivity index (χ1) is 9.35. The molecule has 2 atom stereocenters. The third-order valence-electron chi connectivity index (χ3n) is 2.80. The molecule has 0 bridgehead atoms. The molecule has 0 aromatic rings. The monoisotopic (exact) mass is 305 g/mol. The van der Waals surface area contributed by atoms with Gasteiger partial charge in [-0.05, 0) is 6.42 Å². The fourth-order valence-corrected chi connectivity index (χ4v) is 2.06. The molecule has 8 heteroatoms. The first-order valence-electron chi connectivity index (χ1n) is 6.51. The van der Waals surface area contributed by atoms with Gasteiger partial charge in [-0.25, -0.2) is 0 Å². The van der Waals surface area contributed by atoms with Crippen molar-refractivity contribution in [3.05, 3.63) is 0 Å². The lowest BCUT2D eigenvalue weighted by atomic mass is 9.89. The summed E-state index contributed by atoms with van der Waals surface area (Å²) in [5, 5.41) is 39.1. The molecule has 2 unspecified atom stereocenters. The second kappa shape index (κ2) is 7.48. The highest BCUT2D eigenvalue weighted by Crippen LogP contribution is 2.19. The van der Waals surface area contributed by atoms with E-state index < -0.39 is 42.3 Å². The van der Waals surface area contributed by atoms with Crippen LogP contribution in [0.2, 0.25) is 0 Å². The number of likely N-dealkylation sites (N-methyl/N-ethyl adjacent to an activating group) is 1. The van der Waals surface area contributed by atoms with Crippen molar-refractivity contribution in [1.82, 2.24) is 0 Å². The minimum atomic E-state index is -2.15. The van der Waals surface area contributed by atoms with E-state index in [0.29, 0.717) is 0 Å². The van der Waals surface area contributed by atoms with Crippen LogP contribution in [0.5, 0.6) is 0 Å². The van der Waals surface area contributed by atoms with Crippen LogP contribution >= 0.6 is 0 Å². The quantitative estimate of drug-likeness (QED) is 0.388. The highest BCUT2D eigenvalue weighted by Gasteiger charge is 2.41. The SMILES string of the molecule is C[N+](C)(C)CC(O)(CC(=O)[O-])C(=O)CC(O)CCC(=O)O. The van der Waals surface area contributed by atoms with Crippen molar-refractivity contribution >= 4 is 17.7 Å². The summed E-state index contributed by atoms with van der Waals surface area (Å²) in [4.78, 5) is 33.2. The maximum Gasteiger partial charge on any atom is 0.303 e. The van der Waals surface area contributed by atoms with Crippen LogP contribution < -0.4 is 5.11 Å². The molecule has 0 fully saturated rings. The Morgan fingerprint density at radius 3 is 2.14 bits per heavy atom.